The number of thioether (sulfide) groups is 1. The summed E-state index contributed by atoms with van der Waals surface area (Å²) in [6.45, 7) is 7.79. The summed E-state index contributed by atoms with van der Waals surface area (Å²) in [5.41, 5.74) is 3.59. The van der Waals surface area contributed by atoms with Gasteiger partial charge in [0.05, 0.1) is 0 Å². The van der Waals surface area contributed by atoms with Gasteiger partial charge < -0.3 is 4.74 Å². The number of hydrogen-bond acceptors (Lipinski definition) is 2. The van der Waals surface area contributed by atoms with Crippen LogP contribution in [0, 0.1) is 10.8 Å². The molecule has 16 heavy (non-hydrogen) atoms. The smallest absolute Gasteiger partial charge is 0.138 e. The molecule has 0 bridgehead atoms. The summed E-state index contributed by atoms with van der Waals surface area (Å²) in [6, 6.07) is 3.91. The Balaban J connectivity index is 3.80. The maximum Gasteiger partial charge on any atom is 0.138 e. The molecule has 0 aromatic heterocycles. The highest BCUT2D eigenvalue weighted by atomic mass is 32.2. The SMILES string of the molecule is CC[Si](C#CSCCCCOC)(CC)CC. The van der Waals surface area contributed by atoms with Gasteiger partial charge in [-0.2, -0.15) is 0 Å². The van der Waals surface area contributed by atoms with E-state index in [0.29, 0.717) is 0 Å². The van der Waals surface area contributed by atoms with Gasteiger partial charge in [0.2, 0.25) is 0 Å². The molecule has 0 N–H and O–H groups in total. The molecule has 0 unspecified atom stereocenters. The van der Waals surface area contributed by atoms with Crippen LogP contribution < -0.4 is 0 Å². The van der Waals surface area contributed by atoms with Crippen LogP contribution in [0.15, 0.2) is 0 Å². The fraction of sp³-hybridized carbons (Fsp3) is 0.846. The van der Waals surface area contributed by atoms with Crippen molar-refractivity contribution in [1.82, 2.24) is 0 Å². The zero-order valence-corrected chi connectivity index (χ0v) is 13.1. The Labute approximate surface area is 107 Å². The highest BCUT2D eigenvalue weighted by Gasteiger charge is 2.23. The van der Waals surface area contributed by atoms with Crippen LogP contribution in [0.3, 0.4) is 0 Å². The van der Waals surface area contributed by atoms with Gasteiger partial charge in [-0.25, -0.2) is 0 Å². The van der Waals surface area contributed by atoms with E-state index in [2.05, 4.69) is 31.6 Å². The van der Waals surface area contributed by atoms with E-state index in [9.17, 15) is 0 Å². The molecular formula is C13H26OSSi. The van der Waals surface area contributed by atoms with Gasteiger partial charge in [0.25, 0.3) is 0 Å². The summed E-state index contributed by atoms with van der Waals surface area (Å²) in [5, 5.41) is 3.34. The number of rotatable bonds is 8. The fourth-order valence-corrected chi connectivity index (χ4v) is 5.27. The van der Waals surface area contributed by atoms with Gasteiger partial charge in [-0.05, 0) is 36.2 Å². The fourth-order valence-electron chi connectivity index (χ4n) is 1.63. The van der Waals surface area contributed by atoms with Crippen LogP contribution in [-0.2, 0) is 4.74 Å². The Morgan fingerprint density at radius 1 is 1.06 bits per heavy atom. The van der Waals surface area contributed by atoms with Gasteiger partial charge in [0.15, 0.2) is 0 Å². The van der Waals surface area contributed by atoms with Crippen molar-refractivity contribution >= 4 is 19.8 Å². The van der Waals surface area contributed by atoms with E-state index in [0.717, 1.165) is 18.8 Å². The molecule has 0 radical (unpaired) electrons. The summed E-state index contributed by atoms with van der Waals surface area (Å²) in [4.78, 5) is 0. The van der Waals surface area contributed by atoms with E-state index < -0.39 is 8.07 Å². The van der Waals surface area contributed by atoms with Crippen LogP contribution in [-0.4, -0.2) is 27.5 Å². The number of hydrogen-bond donors (Lipinski definition) is 0. The van der Waals surface area contributed by atoms with Crippen molar-refractivity contribution in [3.05, 3.63) is 0 Å². The average Bonchev–Trinajstić information content (AvgIpc) is 2.34. The molecule has 0 heterocycles. The van der Waals surface area contributed by atoms with Crippen molar-refractivity contribution in [1.29, 1.82) is 0 Å². The second kappa shape index (κ2) is 10.3. The molecule has 1 nitrogen and oxygen atoms in total. The summed E-state index contributed by atoms with van der Waals surface area (Å²) >= 11 is 1.79. The molecule has 0 aromatic rings. The Kier molecular flexibility index (Phi) is 10.3. The van der Waals surface area contributed by atoms with Crippen LogP contribution >= 0.6 is 11.8 Å². The normalized spacial score (nSPS) is 11.0. The van der Waals surface area contributed by atoms with Crippen molar-refractivity contribution in [3.63, 3.8) is 0 Å². The van der Waals surface area contributed by atoms with Crippen LogP contribution in [0.5, 0.6) is 0 Å². The first-order chi connectivity index (χ1) is 7.74. The number of unbranched alkanes of at least 4 members (excludes halogenated alkanes) is 1. The molecule has 0 aliphatic rings. The second-order valence-corrected chi connectivity index (χ2v) is 9.95. The van der Waals surface area contributed by atoms with E-state index in [4.69, 9.17) is 4.74 Å². The predicted octanol–water partition coefficient (Wildman–Crippen LogP) is 4.15. The molecule has 0 aliphatic carbocycles. The van der Waals surface area contributed by atoms with E-state index in [1.165, 1.54) is 24.6 Å². The molecule has 0 aliphatic heterocycles. The maximum atomic E-state index is 5.02. The van der Waals surface area contributed by atoms with Gasteiger partial charge >= 0.3 is 0 Å². The quantitative estimate of drug-likeness (QED) is 0.367. The third kappa shape index (κ3) is 6.62. The van der Waals surface area contributed by atoms with Crippen LogP contribution in [0.4, 0.5) is 0 Å². The van der Waals surface area contributed by atoms with E-state index in [-0.39, 0.29) is 0 Å². The van der Waals surface area contributed by atoms with Crippen molar-refractivity contribution in [2.24, 2.45) is 0 Å². The minimum Gasteiger partial charge on any atom is -0.385 e. The molecule has 0 saturated carbocycles. The van der Waals surface area contributed by atoms with Gasteiger partial charge in [-0.15, -0.1) is 5.54 Å². The van der Waals surface area contributed by atoms with Gasteiger partial charge in [-0.3, -0.25) is 0 Å². The highest BCUT2D eigenvalue weighted by molar-refractivity contribution is 8.03. The standard InChI is InChI=1S/C13H26OSSi/c1-5-16(6-2,7-3)13-12-15-11-9-8-10-14-4/h5-11H2,1-4H3. The lowest BCUT2D eigenvalue weighted by atomic mass is 10.4. The number of ether oxygens (including phenoxy) is 1. The predicted molar refractivity (Wildman–Crippen MR) is 78.5 cm³/mol. The van der Waals surface area contributed by atoms with Crippen molar-refractivity contribution < 1.29 is 4.74 Å². The van der Waals surface area contributed by atoms with E-state index in [1.54, 1.807) is 18.9 Å². The highest BCUT2D eigenvalue weighted by Crippen LogP contribution is 2.19. The molecule has 3 heteroatoms. The second-order valence-electron chi connectivity index (χ2n) is 4.12. The van der Waals surface area contributed by atoms with Gasteiger partial charge in [0, 0.05) is 19.5 Å². The molecule has 0 saturated heterocycles. The summed E-state index contributed by atoms with van der Waals surface area (Å²) < 4.78 is 5.02. The first kappa shape index (κ1) is 16.1. The summed E-state index contributed by atoms with van der Waals surface area (Å²) in [7, 11) is 0.561. The van der Waals surface area contributed by atoms with Crippen molar-refractivity contribution in [3.8, 4) is 10.8 Å². The molecule has 94 valence electrons. The Morgan fingerprint density at radius 2 is 1.69 bits per heavy atom. The molecule has 0 fully saturated rings. The zero-order chi connectivity index (χ0) is 12.3. The Morgan fingerprint density at radius 3 is 2.19 bits per heavy atom. The van der Waals surface area contributed by atoms with E-state index >= 15 is 0 Å². The molecule has 0 atom stereocenters. The topological polar surface area (TPSA) is 9.23 Å². The number of methoxy groups -OCH3 is 1. The third-order valence-electron chi connectivity index (χ3n) is 3.26. The molecule has 0 rings (SSSR count). The van der Waals surface area contributed by atoms with Gasteiger partial charge in [0.1, 0.15) is 8.07 Å². The monoisotopic (exact) mass is 258 g/mol. The average molecular weight is 259 g/mol. The first-order valence-electron chi connectivity index (χ1n) is 6.37. The third-order valence-corrected chi connectivity index (χ3v) is 8.90. The van der Waals surface area contributed by atoms with Crippen LogP contribution in [0.2, 0.25) is 18.1 Å². The van der Waals surface area contributed by atoms with Crippen molar-refractivity contribution in [2.75, 3.05) is 19.5 Å². The van der Waals surface area contributed by atoms with Crippen LogP contribution in [0.1, 0.15) is 33.6 Å². The van der Waals surface area contributed by atoms with Crippen molar-refractivity contribution in [2.45, 2.75) is 51.7 Å². The zero-order valence-electron chi connectivity index (χ0n) is 11.3. The maximum absolute atomic E-state index is 5.02. The Hall–Kier alpha value is 0.0869. The molecular weight excluding hydrogens is 232 g/mol. The summed E-state index contributed by atoms with van der Waals surface area (Å²) in [6.07, 6.45) is 2.37. The largest absolute Gasteiger partial charge is 0.385 e. The van der Waals surface area contributed by atoms with Crippen LogP contribution in [0.25, 0.3) is 0 Å². The molecule has 0 amide bonds. The van der Waals surface area contributed by atoms with E-state index in [1.807, 2.05) is 0 Å². The summed E-state index contributed by atoms with van der Waals surface area (Å²) in [5.74, 6) is 1.15. The molecule has 0 spiro atoms. The lowest BCUT2D eigenvalue weighted by Crippen LogP contribution is -2.29. The Bertz CT molecular complexity index is 207. The lowest BCUT2D eigenvalue weighted by molar-refractivity contribution is 0.194. The molecule has 0 aromatic carbocycles. The minimum absolute atomic E-state index is 0.881. The lowest BCUT2D eigenvalue weighted by Gasteiger charge is -2.19. The van der Waals surface area contributed by atoms with Gasteiger partial charge in [-0.1, -0.05) is 32.5 Å². The first-order valence-corrected chi connectivity index (χ1v) is 9.98. The minimum atomic E-state index is -1.20.